The number of morpholine rings is 1. The summed E-state index contributed by atoms with van der Waals surface area (Å²) in [5, 5.41) is 22.0. The quantitative estimate of drug-likeness (QED) is 0.232. The van der Waals surface area contributed by atoms with Crippen molar-refractivity contribution in [1.82, 2.24) is 10.2 Å². The van der Waals surface area contributed by atoms with E-state index in [2.05, 4.69) is 48.9 Å². The minimum absolute atomic E-state index is 0.0823. The molecule has 12 heteroatoms. The molecule has 2 aliphatic heterocycles. The number of methoxy groups -OCH3 is 2. The molecule has 1 spiro atoms. The standard InChI is InChI=1S/C43H52N4O8/c1-41(2)39(42(3,4)40(41)55-32-12-9-28(25-44)35(23-32)51-5)45-37(48)27-7-10-29(11-8-27)46-17-15-43(16-18-46)26-47(19-20-53-43)30-21-33(22-30)54-31-13-14-34(38(49)50)36(24-31)52-6/h7-14,23-24,30,33,39-40H,15-22,26H2,1-6H3,(H,45,48)(H,49,50). The molecule has 292 valence electrons. The topological polar surface area (TPSA) is 143 Å². The molecule has 0 unspecified atom stereocenters. The Kier molecular flexibility index (Phi) is 10.4. The van der Waals surface area contributed by atoms with E-state index in [1.54, 1.807) is 30.3 Å². The van der Waals surface area contributed by atoms with Crippen molar-refractivity contribution < 1.29 is 38.4 Å². The van der Waals surface area contributed by atoms with Crippen molar-refractivity contribution in [1.29, 1.82) is 5.26 Å². The minimum atomic E-state index is -1.03. The highest BCUT2D eigenvalue weighted by molar-refractivity contribution is 5.95. The van der Waals surface area contributed by atoms with Crippen molar-refractivity contribution in [2.45, 2.75) is 83.3 Å². The van der Waals surface area contributed by atoms with E-state index in [-0.39, 0.29) is 46.2 Å². The Hall–Kier alpha value is -4.99. The molecular weight excluding hydrogens is 700 g/mol. The molecule has 2 aliphatic carbocycles. The minimum Gasteiger partial charge on any atom is -0.496 e. The van der Waals surface area contributed by atoms with E-state index < -0.39 is 5.97 Å². The predicted molar refractivity (Wildman–Crippen MR) is 206 cm³/mol. The van der Waals surface area contributed by atoms with Crippen molar-refractivity contribution in [2.24, 2.45) is 10.8 Å². The number of ether oxygens (including phenoxy) is 5. The van der Waals surface area contributed by atoms with E-state index in [9.17, 15) is 20.0 Å². The summed E-state index contributed by atoms with van der Waals surface area (Å²) < 4.78 is 29.7. The molecule has 4 aliphatic rings. The van der Waals surface area contributed by atoms with Crippen LogP contribution in [-0.2, 0) is 4.74 Å². The van der Waals surface area contributed by atoms with Gasteiger partial charge in [0.05, 0.1) is 32.0 Å². The monoisotopic (exact) mass is 752 g/mol. The molecule has 3 aromatic carbocycles. The number of nitrogens with zero attached hydrogens (tertiary/aromatic N) is 3. The summed E-state index contributed by atoms with van der Waals surface area (Å²) in [6.45, 7) is 12.7. The van der Waals surface area contributed by atoms with Crippen molar-refractivity contribution >= 4 is 17.6 Å². The highest BCUT2D eigenvalue weighted by Crippen LogP contribution is 2.55. The lowest BCUT2D eigenvalue weighted by Gasteiger charge is -2.63. The first-order valence-electron chi connectivity index (χ1n) is 19.1. The summed E-state index contributed by atoms with van der Waals surface area (Å²) in [6, 6.07) is 20.5. The smallest absolute Gasteiger partial charge is 0.339 e. The maximum atomic E-state index is 13.6. The fourth-order valence-corrected chi connectivity index (χ4v) is 9.52. The number of piperidine rings is 1. The predicted octanol–water partition coefficient (Wildman–Crippen LogP) is 6.17. The zero-order chi connectivity index (χ0) is 39.1. The molecule has 7 rings (SSSR count). The van der Waals surface area contributed by atoms with Gasteiger partial charge in [-0.25, -0.2) is 4.79 Å². The molecule has 0 bridgehead atoms. The molecule has 2 N–H and O–H groups in total. The Morgan fingerprint density at radius 2 is 1.51 bits per heavy atom. The van der Waals surface area contributed by atoms with Gasteiger partial charge in [0.15, 0.2) is 0 Å². The van der Waals surface area contributed by atoms with Crippen LogP contribution in [0.15, 0.2) is 60.7 Å². The number of nitrogens with one attached hydrogen (secondary N) is 1. The molecule has 0 radical (unpaired) electrons. The molecule has 12 nitrogen and oxygen atoms in total. The van der Waals surface area contributed by atoms with Crippen LogP contribution in [0.2, 0.25) is 0 Å². The van der Waals surface area contributed by atoms with Gasteiger partial charge in [0.2, 0.25) is 0 Å². The van der Waals surface area contributed by atoms with Crippen LogP contribution in [0.3, 0.4) is 0 Å². The van der Waals surface area contributed by atoms with Crippen LogP contribution >= 0.6 is 0 Å². The maximum absolute atomic E-state index is 13.6. The second kappa shape index (κ2) is 14.9. The van der Waals surface area contributed by atoms with E-state index in [4.69, 9.17) is 23.7 Å². The van der Waals surface area contributed by atoms with Crippen molar-refractivity contribution in [2.75, 3.05) is 51.9 Å². The molecule has 0 atom stereocenters. The number of carbonyl (C=O) groups is 2. The first kappa shape index (κ1) is 38.3. The largest absolute Gasteiger partial charge is 0.496 e. The van der Waals surface area contributed by atoms with Gasteiger partial charge in [-0.2, -0.15) is 5.26 Å². The van der Waals surface area contributed by atoms with E-state index in [0.29, 0.717) is 46.8 Å². The van der Waals surface area contributed by atoms with Crippen LogP contribution in [0.4, 0.5) is 5.69 Å². The fourth-order valence-electron chi connectivity index (χ4n) is 9.52. The number of carbonyl (C=O) groups excluding carboxylic acids is 1. The van der Waals surface area contributed by atoms with Crippen LogP contribution < -0.4 is 29.2 Å². The number of hydrogen-bond donors (Lipinski definition) is 2. The Morgan fingerprint density at radius 1 is 0.873 bits per heavy atom. The van der Waals surface area contributed by atoms with Gasteiger partial charge in [-0.15, -0.1) is 0 Å². The number of nitriles is 1. The highest BCUT2D eigenvalue weighted by Gasteiger charge is 2.64. The molecule has 2 saturated carbocycles. The molecule has 1 amide bonds. The summed E-state index contributed by atoms with van der Waals surface area (Å²) in [5.74, 6) is 0.886. The van der Waals surface area contributed by atoms with Gasteiger partial charge in [-0.05, 0) is 61.4 Å². The number of benzene rings is 3. The highest BCUT2D eigenvalue weighted by atomic mass is 16.5. The van der Waals surface area contributed by atoms with Crippen LogP contribution in [0.25, 0.3) is 0 Å². The van der Waals surface area contributed by atoms with Crippen LogP contribution in [0.1, 0.15) is 79.7 Å². The number of carboxylic acids is 1. The van der Waals surface area contributed by atoms with Gasteiger partial charge < -0.3 is 39.0 Å². The van der Waals surface area contributed by atoms with Gasteiger partial charge in [0.1, 0.15) is 46.8 Å². The number of carboxylic acid groups (broad SMARTS) is 1. The lowest BCUT2D eigenvalue weighted by molar-refractivity contribution is -0.164. The van der Waals surface area contributed by atoms with E-state index in [1.807, 2.05) is 24.3 Å². The van der Waals surface area contributed by atoms with Gasteiger partial charge in [-0.3, -0.25) is 9.69 Å². The summed E-state index contributed by atoms with van der Waals surface area (Å²) >= 11 is 0. The Labute approximate surface area is 323 Å². The summed E-state index contributed by atoms with van der Waals surface area (Å²) in [7, 11) is 3.00. The maximum Gasteiger partial charge on any atom is 0.339 e. The Bertz CT molecular complexity index is 1930. The molecule has 0 aromatic heterocycles. The van der Waals surface area contributed by atoms with E-state index in [1.165, 1.54) is 20.3 Å². The summed E-state index contributed by atoms with van der Waals surface area (Å²) in [5.41, 5.74) is 1.43. The average Bonchev–Trinajstić information content (AvgIpc) is 3.17. The third kappa shape index (κ3) is 7.40. The normalized spacial score (nSPS) is 25.1. The zero-order valence-electron chi connectivity index (χ0n) is 32.6. The van der Waals surface area contributed by atoms with Gasteiger partial charge in [0.25, 0.3) is 5.91 Å². The SMILES string of the molecule is COc1cc(OC2C(C)(C)C(NC(=O)c3ccc(N4CCC5(CC4)CN(C4CC(Oc6ccc(C(=O)O)c(OC)c6)C4)CCO5)cc3)C2(C)C)ccc1C#N. The third-order valence-corrected chi connectivity index (χ3v) is 12.4. The number of anilines is 1. The molecule has 2 saturated heterocycles. The van der Waals surface area contributed by atoms with Gasteiger partial charge in [-0.1, -0.05) is 27.7 Å². The van der Waals surface area contributed by atoms with Crippen molar-refractivity contribution in [3.8, 4) is 29.1 Å². The van der Waals surface area contributed by atoms with Gasteiger partial charge >= 0.3 is 5.97 Å². The molecular formula is C43H52N4O8. The second-order valence-electron chi connectivity index (χ2n) is 16.6. The van der Waals surface area contributed by atoms with Crippen LogP contribution in [0.5, 0.6) is 23.0 Å². The number of amides is 1. The number of aromatic carboxylic acids is 1. The number of hydrogen-bond acceptors (Lipinski definition) is 10. The fraction of sp³-hybridized carbons (Fsp3) is 0.512. The molecule has 4 fully saturated rings. The van der Waals surface area contributed by atoms with E-state index >= 15 is 0 Å². The first-order chi connectivity index (χ1) is 26.3. The van der Waals surface area contributed by atoms with Crippen molar-refractivity contribution in [3.05, 3.63) is 77.4 Å². The van der Waals surface area contributed by atoms with Crippen molar-refractivity contribution in [3.63, 3.8) is 0 Å². The lowest BCUT2D eigenvalue weighted by atomic mass is 9.49. The Balaban J connectivity index is 0.889. The van der Waals surface area contributed by atoms with Crippen LogP contribution in [-0.4, -0.2) is 98.8 Å². The molecule has 55 heavy (non-hydrogen) atoms. The zero-order valence-corrected chi connectivity index (χ0v) is 32.6. The van der Waals surface area contributed by atoms with Crippen LogP contribution in [0, 0.1) is 22.2 Å². The molecule has 2 heterocycles. The summed E-state index contributed by atoms with van der Waals surface area (Å²) in [6.07, 6.45) is 3.61. The Morgan fingerprint density at radius 3 is 2.15 bits per heavy atom. The first-order valence-corrected chi connectivity index (χ1v) is 19.1. The third-order valence-electron chi connectivity index (χ3n) is 12.4. The second-order valence-corrected chi connectivity index (χ2v) is 16.6. The summed E-state index contributed by atoms with van der Waals surface area (Å²) in [4.78, 5) is 29.9. The average molecular weight is 753 g/mol. The van der Waals surface area contributed by atoms with Gasteiger partial charge in [0, 0.05) is 85.3 Å². The lowest BCUT2D eigenvalue weighted by Crippen LogP contribution is -2.74. The van der Waals surface area contributed by atoms with E-state index in [0.717, 1.165) is 57.5 Å². The molecule has 3 aromatic rings. The number of rotatable bonds is 11.